The molecule has 2 unspecified atom stereocenters. The van der Waals surface area contributed by atoms with Crippen LogP contribution in [0, 0.1) is 12.8 Å². The Morgan fingerprint density at radius 3 is 2.57 bits per heavy atom. The van der Waals surface area contributed by atoms with Crippen LogP contribution in [0.25, 0.3) is 0 Å². The lowest BCUT2D eigenvalue weighted by molar-refractivity contribution is -0.144. The second-order valence-corrected chi connectivity index (χ2v) is 8.21. The lowest BCUT2D eigenvalue weighted by Crippen LogP contribution is -2.49. The highest BCUT2D eigenvalue weighted by Gasteiger charge is 2.40. The van der Waals surface area contributed by atoms with Crippen molar-refractivity contribution < 1.29 is 19.1 Å². The van der Waals surface area contributed by atoms with Gasteiger partial charge in [-0.05, 0) is 31.7 Å². The molecule has 3 amide bonds. The Balaban J connectivity index is 1.66. The maximum atomic E-state index is 13.1. The Bertz CT molecular complexity index is 749. The predicted octanol–water partition coefficient (Wildman–Crippen LogP) is 2.05. The smallest absolute Gasteiger partial charge is 0.225 e. The number of aryl methyl sites for hydroxylation is 1. The average molecular weight is 416 g/mol. The van der Waals surface area contributed by atoms with E-state index < -0.39 is 0 Å². The van der Waals surface area contributed by atoms with Gasteiger partial charge in [0, 0.05) is 46.1 Å². The second kappa shape index (κ2) is 10.6. The Morgan fingerprint density at radius 1 is 1.13 bits per heavy atom. The number of hydrogen-bond donors (Lipinski definition) is 1. The van der Waals surface area contributed by atoms with E-state index >= 15 is 0 Å². The van der Waals surface area contributed by atoms with Crippen LogP contribution < -0.4 is 5.32 Å². The number of methoxy groups -OCH3 is 1. The maximum Gasteiger partial charge on any atom is 0.225 e. The summed E-state index contributed by atoms with van der Waals surface area (Å²) < 4.78 is 5.20. The normalized spacial score (nSPS) is 21.9. The molecule has 2 atom stereocenters. The van der Waals surface area contributed by atoms with Crippen molar-refractivity contribution in [2.24, 2.45) is 5.92 Å². The van der Waals surface area contributed by atoms with Crippen LogP contribution in [-0.2, 0) is 19.1 Å². The molecule has 2 saturated heterocycles. The maximum absolute atomic E-state index is 13.1. The highest BCUT2D eigenvalue weighted by molar-refractivity contribution is 5.85. The number of ether oxygens (including phenoxy) is 1. The van der Waals surface area contributed by atoms with Crippen molar-refractivity contribution in [1.82, 2.24) is 15.1 Å². The Morgan fingerprint density at radius 2 is 1.90 bits per heavy atom. The van der Waals surface area contributed by atoms with Crippen molar-refractivity contribution in [1.29, 1.82) is 0 Å². The minimum absolute atomic E-state index is 0.0248. The van der Waals surface area contributed by atoms with Crippen molar-refractivity contribution in [2.75, 3.05) is 39.9 Å². The number of benzene rings is 1. The summed E-state index contributed by atoms with van der Waals surface area (Å²) in [5.41, 5.74) is 2.12. The highest BCUT2D eigenvalue weighted by Crippen LogP contribution is 2.37. The summed E-state index contributed by atoms with van der Waals surface area (Å²) in [5.74, 6) is -0.0477. The lowest BCUT2D eigenvalue weighted by atomic mass is 9.83. The number of nitrogens with zero attached hydrogens (tertiary/aromatic N) is 2. The first kappa shape index (κ1) is 22.3. The summed E-state index contributed by atoms with van der Waals surface area (Å²) in [6, 6.07) is 7.77. The lowest BCUT2D eigenvalue weighted by Gasteiger charge is -2.41. The van der Waals surface area contributed by atoms with Crippen LogP contribution in [0.1, 0.15) is 49.3 Å². The molecule has 164 valence electrons. The summed E-state index contributed by atoms with van der Waals surface area (Å²) in [6.07, 6.45) is 3.21. The molecule has 7 heteroatoms. The Labute approximate surface area is 178 Å². The minimum atomic E-state index is -0.296. The van der Waals surface area contributed by atoms with E-state index in [9.17, 15) is 14.4 Å². The van der Waals surface area contributed by atoms with E-state index in [0.29, 0.717) is 45.5 Å². The first-order valence-corrected chi connectivity index (χ1v) is 10.9. The van der Waals surface area contributed by atoms with E-state index in [1.54, 1.807) is 12.0 Å². The quantitative estimate of drug-likeness (QED) is 0.626. The highest BCUT2D eigenvalue weighted by atomic mass is 16.5. The number of rotatable bonds is 9. The molecular weight excluding hydrogens is 382 g/mol. The number of nitrogens with one attached hydrogen (secondary N) is 1. The van der Waals surface area contributed by atoms with Crippen molar-refractivity contribution >= 4 is 17.7 Å². The largest absolute Gasteiger partial charge is 0.383 e. The Kier molecular flexibility index (Phi) is 7.85. The monoisotopic (exact) mass is 415 g/mol. The van der Waals surface area contributed by atoms with Crippen molar-refractivity contribution in [3.8, 4) is 0 Å². The summed E-state index contributed by atoms with van der Waals surface area (Å²) in [5, 5.41) is 3.05. The molecule has 0 spiro atoms. The second-order valence-electron chi connectivity index (χ2n) is 8.21. The van der Waals surface area contributed by atoms with E-state index in [0.717, 1.165) is 30.5 Å². The van der Waals surface area contributed by atoms with Crippen LogP contribution in [0.3, 0.4) is 0 Å². The van der Waals surface area contributed by atoms with Crippen molar-refractivity contribution in [2.45, 2.75) is 45.1 Å². The van der Waals surface area contributed by atoms with Crippen LogP contribution in [0.2, 0.25) is 0 Å². The Hall–Kier alpha value is -2.41. The molecule has 2 aliphatic heterocycles. The molecule has 30 heavy (non-hydrogen) atoms. The van der Waals surface area contributed by atoms with Gasteiger partial charge in [-0.2, -0.15) is 0 Å². The minimum Gasteiger partial charge on any atom is -0.383 e. The van der Waals surface area contributed by atoms with E-state index in [4.69, 9.17) is 4.74 Å². The van der Waals surface area contributed by atoms with Gasteiger partial charge >= 0.3 is 0 Å². The summed E-state index contributed by atoms with van der Waals surface area (Å²) in [4.78, 5) is 41.1. The van der Waals surface area contributed by atoms with Gasteiger partial charge in [0.15, 0.2) is 0 Å². The van der Waals surface area contributed by atoms with Gasteiger partial charge in [0.25, 0.3) is 0 Å². The van der Waals surface area contributed by atoms with Gasteiger partial charge < -0.3 is 19.9 Å². The average Bonchev–Trinajstić information content (AvgIpc) is 3.15. The van der Waals surface area contributed by atoms with Crippen molar-refractivity contribution in [3.05, 3.63) is 35.4 Å². The third-order valence-electron chi connectivity index (χ3n) is 6.07. The molecule has 2 heterocycles. The van der Waals surface area contributed by atoms with Crippen LogP contribution in [0.15, 0.2) is 24.3 Å². The molecule has 0 aromatic heterocycles. The first-order chi connectivity index (χ1) is 14.5. The standard InChI is InChI=1S/C23H33N3O4/c1-17-6-8-18(9-7-17)22-19(10-11-21(28)26(22)15-16-30-2)23(29)24-12-4-14-25-13-3-5-20(25)27/h6-9,19,22H,3-5,10-16H2,1-2H3,(H,24,29). The van der Waals surface area contributed by atoms with Gasteiger partial charge in [-0.1, -0.05) is 29.8 Å². The summed E-state index contributed by atoms with van der Waals surface area (Å²) in [6.45, 7) is 4.96. The first-order valence-electron chi connectivity index (χ1n) is 10.9. The number of likely N-dealkylation sites (tertiary alicyclic amines) is 2. The third-order valence-corrected chi connectivity index (χ3v) is 6.07. The molecule has 0 saturated carbocycles. The van der Waals surface area contributed by atoms with E-state index in [2.05, 4.69) is 5.32 Å². The van der Waals surface area contributed by atoms with Gasteiger partial charge in [0.2, 0.25) is 17.7 Å². The third kappa shape index (κ3) is 5.39. The summed E-state index contributed by atoms with van der Waals surface area (Å²) >= 11 is 0. The molecule has 0 aliphatic carbocycles. The molecule has 3 rings (SSSR count). The zero-order valence-corrected chi connectivity index (χ0v) is 18.1. The predicted molar refractivity (Wildman–Crippen MR) is 114 cm³/mol. The number of piperidine rings is 1. The zero-order chi connectivity index (χ0) is 21.5. The fourth-order valence-electron chi connectivity index (χ4n) is 4.41. The van der Waals surface area contributed by atoms with Gasteiger partial charge in [0.05, 0.1) is 18.6 Å². The number of amides is 3. The molecular formula is C23H33N3O4. The molecule has 0 bridgehead atoms. The molecule has 1 aromatic carbocycles. The SMILES string of the molecule is COCCN1C(=O)CCC(C(=O)NCCCN2CCCC2=O)C1c1ccc(C)cc1. The molecule has 7 nitrogen and oxygen atoms in total. The van der Waals surface area contributed by atoms with E-state index in [-0.39, 0.29) is 29.7 Å². The molecule has 1 N–H and O–H groups in total. The topological polar surface area (TPSA) is 79.0 Å². The number of carbonyl (C=O) groups excluding carboxylic acids is 3. The van der Waals surface area contributed by atoms with E-state index in [1.165, 1.54) is 0 Å². The zero-order valence-electron chi connectivity index (χ0n) is 18.1. The van der Waals surface area contributed by atoms with Gasteiger partial charge in [-0.15, -0.1) is 0 Å². The van der Waals surface area contributed by atoms with Crippen LogP contribution in [0.5, 0.6) is 0 Å². The molecule has 1 aromatic rings. The van der Waals surface area contributed by atoms with Crippen LogP contribution in [-0.4, -0.2) is 67.4 Å². The van der Waals surface area contributed by atoms with E-state index in [1.807, 2.05) is 36.1 Å². The number of hydrogen-bond acceptors (Lipinski definition) is 4. The van der Waals surface area contributed by atoms with Crippen molar-refractivity contribution in [3.63, 3.8) is 0 Å². The van der Waals surface area contributed by atoms with Gasteiger partial charge in [-0.25, -0.2) is 0 Å². The molecule has 2 fully saturated rings. The fraction of sp³-hybridized carbons (Fsp3) is 0.609. The summed E-state index contributed by atoms with van der Waals surface area (Å²) in [7, 11) is 1.62. The fourth-order valence-corrected chi connectivity index (χ4v) is 4.41. The van der Waals surface area contributed by atoms with Crippen LogP contribution >= 0.6 is 0 Å². The molecule has 2 aliphatic rings. The van der Waals surface area contributed by atoms with Crippen LogP contribution in [0.4, 0.5) is 0 Å². The van der Waals surface area contributed by atoms with Gasteiger partial charge in [0.1, 0.15) is 0 Å². The van der Waals surface area contributed by atoms with Gasteiger partial charge in [-0.3, -0.25) is 14.4 Å². The number of carbonyl (C=O) groups is 3. The molecule has 0 radical (unpaired) electrons.